The average molecular weight is 462 g/mol. The monoisotopic (exact) mass is 461 g/mol. The van der Waals surface area contributed by atoms with Crippen LogP contribution < -0.4 is 0 Å². The molecule has 0 amide bonds. The first-order valence-electron chi connectivity index (χ1n) is 8.77. The molecule has 0 aliphatic heterocycles. The maximum Gasteiger partial charge on any atom is 0.447 e. The van der Waals surface area contributed by atoms with Gasteiger partial charge in [0.05, 0.1) is 22.3 Å². The fourth-order valence-electron chi connectivity index (χ4n) is 3.31. The number of aromatic nitrogens is 3. The standard InChI is InChI=1S/C18H15ClF3N3O2S2/c19-17-13-9-23-16(28-18(20,21)22)8-14(13)24-25(17)15-3-1-2-11(10-4-5-10)12(15)6-7-29(26)27/h1-3,8-10,29H,4-7H2. The third-order valence-corrected chi connectivity index (χ3v) is 6.29. The van der Waals surface area contributed by atoms with Crippen LogP contribution in [-0.4, -0.2) is 34.4 Å². The number of fused-ring (bicyclic) bond motifs is 1. The zero-order valence-electron chi connectivity index (χ0n) is 14.8. The molecule has 1 aliphatic rings. The van der Waals surface area contributed by atoms with Crippen LogP contribution in [0.5, 0.6) is 0 Å². The molecule has 2 aromatic heterocycles. The number of thioether (sulfide) groups is 1. The SMILES string of the molecule is O=[SH](=O)CCc1c(C2CC2)cccc1-n1nc2cc(SC(F)(F)F)ncc2c1Cl. The maximum atomic E-state index is 12.6. The highest BCUT2D eigenvalue weighted by Gasteiger charge is 2.31. The van der Waals surface area contributed by atoms with E-state index in [9.17, 15) is 21.6 Å². The fourth-order valence-corrected chi connectivity index (χ4v) is 4.50. The van der Waals surface area contributed by atoms with Crippen molar-refractivity contribution in [2.75, 3.05) is 5.75 Å². The Labute approximate surface area is 175 Å². The predicted molar refractivity (Wildman–Crippen MR) is 107 cm³/mol. The van der Waals surface area contributed by atoms with Crippen LogP contribution in [0.15, 0.2) is 35.5 Å². The van der Waals surface area contributed by atoms with Gasteiger partial charge in [-0.3, -0.25) is 0 Å². The molecule has 2 heterocycles. The molecule has 3 aromatic rings. The van der Waals surface area contributed by atoms with Gasteiger partial charge in [0.15, 0.2) is 0 Å². The largest absolute Gasteiger partial charge is 0.447 e. The van der Waals surface area contributed by atoms with Crippen LogP contribution in [0.4, 0.5) is 13.2 Å². The van der Waals surface area contributed by atoms with Crippen LogP contribution in [0.3, 0.4) is 0 Å². The van der Waals surface area contributed by atoms with Crippen molar-refractivity contribution in [1.82, 2.24) is 14.8 Å². The third kappa shape index (κ3) is 4.54. The van der Waals surface area contributed by atoms with Gasteiger partial charge in [0.1, 0.15) is 20.9 Å². The number of hydrogen-bond acceptors (Lipinski definition) is 5. The van der Waals surface area contributed by atoms with Crippen molar-refractivity contribution < 1.29 is 21.6 Å². The summed E-state index contributed by atoms with van der Waals surface area (Å²) in [4.78, 5) is 3.82. The van der Waals surface area contributed by atoms with Gasteiger partial charge in [-0.25, -0.2) is 18.1 Å². The van der Waals surface area contributed by atoms with Gasteiger partial charge in [-0.15, -0.1) is 0 Å². The molecule has 1 aliphatic carbocycles. The lowest BCUT2D eigenvalue weighted by atomic mass is 9.99. The van der Waals surface area contributed by atoms with E-state index in [2.05, 4.69) is 10.1 Å². The van der Waals surface area contributed by atoms with Gasteiger partial charge in [-0.05, 0) is 48.4 Å². The number of benzene rings is 1. The number of hydrogen-bond donors (Lipinski definition) is 1. The summed E-state index contributed by atoms with van der Waals surface area (Å²) in [7, 11) is -2.54. The highest BCUT2D eigenvalue weighted by Crippen LogP contribution is 2.43. The van der Waals surface area contributed by atoms with Crippen molar-refractivity contribution in [2.24, 2.45) is 0 Å². The number of thiol groups is 1. The summed E-state index contributed by atoms with van der Waals surface area (Å²) >= 11 is 6.16. The van der Waals surface area contributed by atoms with Gasteiger partial charge in [0.2, 0.25) is 0 Å². The van der Waals surface area contributed by atoms with E-state index in [1.165, 1.54) is 16.9 Å². The quantitative estimate of drug-likeness (QED) is 0.425. The van der Waals surface area contributed by atoms with E-state index in [4.69, 9.17) is 11.6 Å². The van der Waals surface area contributed by atoms with Crippen LogP contribution >= 0.6 is 23.4 Å². The number of alkyl halides is 3. The second-order valence-corrected chi connectivity index (χ2v) is 9.27. The Bertz CT molecular complexity index is 1150. The second-order valence-electron chi connectivity index (χ2n) is 6.72. The lowest BCUT2D eigenvalue weighted by Crippen LogP contribution is -2.07. The third-order valence-electron chi connectivity index (χ3n) is 4.67. The molecule has 5 nitrogen and oxygen atoms in total. The molecule has 11 heteroatoms. The van der Waals surface area contributed by atoms with E-state index in [-0.39, 0.29) is 33.2 Å². The van der Waals surface area contributed by atoms with E-state index in [1.54, 1.807) is 6.07 Å². The van der Waals surface area contributed by atoms with Crippen molar-refractivity contribution in [3.05, 3.63) is 46.7 Å². The van der Waals surface area contributed by atoms with E-state index in [1.807, 2.05) is 12.1 Å². The highest BCUT2D eigenvalue weighted by molar-refractivity contribution is 8.00. The van der Waals surface area contributed by atoms with Crippen LogP contribution in [0.1, 0.15) is 29.9 Å². The maximum absolute atomic E-state index is 12.6. The molecular weight excluding hydrogens is 447 g/mol. The van der Waals surface area contributed by atoms with Crippen LogP contribution in [-0.2, 0) is 17.1 Å². The first-order chi connectivity index (χ1) is 13.7. The van der Waals surface area contributed by atoms with Crippen LogP contribution in [0.25, 0.3) is 16.6 Å². The molecular formula is C18H15ClF3N3O2S2. The normalized spacial score (nSPS) is 14.8. The molecule has 1 aromatic carbocycles. The Morgan fingerprint density at radius 2 is 2.03 bits per heavy atom. The first-order valence-corrected chi connectivity index (χ1v) is 11.3. The molecule has 29 heavy (non-hydrogen) atoms. The molecule has 0 spiro atoms. The molecule has 4 rings (SSSR count). The predicted octanol–water partition coefficient (Wildman–Crippen LogP) is 4.72. The van der Waals surface area contributed by atoms with Gasteiger partial charge in [0.25, 0.3) is 0 Å². The van der Waals surface area contributed by atoms with Crippen molar-refractivity contribution in [1.29, 1.82) is 0 Å². The van der Waals surface area contributed by atoms with Crippen LogP contribution in [0, 0.1) is 0 Å². The van der Waals surface area contributed by atoms with E-state index in [0.29, 0.717) is 23.4 Å². The Kier molecular flexibility index (Phi) is 5.52. The lowest BCUT2D eigenvalue weighted by Gasteiger charge is -2.14. The van der Waals surface area contributed by atoms with Crippen molar-refractivity contribution in [3.8, 4) is 5.69 Å². The summed E-state index contributed by atoms with van der Waals surface area (Å²) in [6.45, 7) is 0. The average Bonchev–Trinajstić information content (AvgIpc) is 3.43. The summed E-state index contributed by atoms with van der Waals surface area (Å²) in [5.74, 6) is 0.382. The Morgan fingerprint density at radius 3 is 2.69 bits per heavy atom. The van der Waals surface area contributed by atoms with E-state index < -0.39 is 16.2 Å². The summed E-state index contributed by atoms with van der Waals surface area (Å²) in [5, 5.41) is 4.82. The topological polar surface area (TPSA) is 64.8 Å². The summed E-state index contributed by atoms with van der Waals surface area (Å²) in [6, 6.07) is 6.87. The zero-order valence-corrected chi connectivity index (χ0v) is 17.3. The van der Waals surface area contributed by atoms with Gasteiger partial charge < -0.3 is 0 Å². The molecule has 0 bridgehead atoms. The Morgan fingerprint density at radius 1 is 1.28 bits per heavy atom. The molecule has 0 unspecified atom stereocenters. The molecule has 0 saturated heterocycles. The van der Waals surface area contributed by atoms with Crippen molar-refractivity contribution in [2.45, 2.75) is 35.7 Å². The number of nitrogens with zero attached hydrogens (tertiary/aromatic N) is 3. The minimum atomic E-state index is -4.45. The molecule has 154 valence electrons. The van der Waals surface area contributed by atoms with Crippen LogP contribution in [0.2, 0.25) is 5.15 Å². The van der Waals surface area contributed by atoms with Gasteiger partial charge in [-0.1, -0.05) is 23.7 Å². The molecule has 1 saturated carbocycles. The molecule has 0 radical (unpaired) electrons. The minimum absolute atomic E-state index is 0.00159. The van der Waals surface area contributed by atoms with E-state index >= 15 is 0 Å². The summed E-state index contributed by atoms with van der Waals surface area (Å²) < 4.78 is 61.7. The minimum Gasteiger partial charge on any atom is -0.249 e. The smallest absolute Gasteiger partial charge is 0.249 e. The van der Waals surface area contributed by atoms with Gasteiger partial charge in [-0.2, -0.15) is 18.3 Å². The fraction of sp³-hybridized carbons (Fsp3) is 0.333. The summed E-state index contributed by atoms with van der Waals surface area (Å²) in [5.41, 5.74) is -1.61. The molecule has 0 N–H and O–H groups in total. The molecule has 0 atom stereocenters. The van der Waals surface area contributed by atoms with Crippen molar-refractivity contribution >= 4 is 45.0 Å². The first kappa shape index (κ1) is 20.5. The summed E-state index contributed by atoms with van der Waals surface area (Å²) in [6.07, 6.45) is 3.67. The number of rotatable bonds is 6. The zero-order chi connectivity index (χ0) is 20.8. The Hall–Kier alpha value is -1.78. The van der Waals surface area contributed by atoms with Gasteiger partial charge >= 0.3 is 5.51 Å². The second kappa shape index (κ2) is 7.81. The lowest BCUT2D eigenvalue weighted by molar-refractivity contribution is -0.0329. The number of pyridine rings is 1. The molecule has 1 fully saturated rings. The van der Waals surface area contributed by atoms with Crippen molar-refractivity contribution in [3.63, 3.8) is 0 Å². The van der Waals surface area contributed by atoms with E-state index in [0.717, 1.165) is 24.0 Å². The number of halogens is 4. The Balaban J connectivity index is 1.81. The highest BCUT2D eigenvalue weighted by atomic mass is 35.5. The van der Waals surface area contributed by atoms with Gasteiger partial charge in [0, 0.05) is 18.0 Å².